The zero-order valence-electron chi connectivity index (χ0n) is 13.7. The van der Waals surface area contributed by atoms with E-state index in [1.165, 1.54) is 0 Å². The molecule has 0 bridgehead atoms. The number of ether oxygens (including phenoxy) is 3. The predicted octanol–water partition coefficient (Wildman–Crippen LogP) is 2.42. The van der Waals surface area contributed by atoms with Gasteiger partial charge in [-0.15, -0.1) is 0 Å². The maximum Gasteiger partial charge on any atom is 0.157 e. The van der Waals surface area contributed by atoms with Crippen molar-refractivity contribution in [2.75, 3.05) is 26.4 Å². The van der Waals surface area contributed by atoms with Gasteiger partial charge < -0.3 is 24.6 Å². The monoisotopic (exact) mass is 321 g/mol. The molecule has 0 aliphatic carbocycles. The van der Waals surface area contributed by atoms with E-state index < -0.39 is 6.10 Å². The second-order valence-corrected chi connectivity index (χ2v) is 5.67. The van der Waals surface area contributed by atoms with Crippen LogP contribution in [0, 0.1) is 0 Å². The fraction of sp³-hybridized carbons (Fsp3) is 0.556. The Labute approximate surface area is 138 Å². The minimum absolute atomic E-state index is 0.0274. The molecule has 5 nitrogen and oxygen atoms in total. The molecule has 0 aromatic heterocycles. The van der Waals surface area contributed by atoms with Gasteiger partial charge in [0.25, 0.3) is 0 Å². The minimum atomic E-state index is -0.553. The zero-order chi connectivity index (χ0) is 16.5. The second-order valence-electron chi connectivity index (χ2n) is 5.67. The van der Waals surface area contributed by atoms with Crippen molar-refractivity contribution in [1.29, 1.82) is 0 Å². The van der Waals surface area contributed by atoms with E-state index in [9.17, 15) is 5.11 Å². The summed E-state index contributed by atoms with van der Waals surface area (Å²) in [4.78, 5) is 0. The first kappa shape index (κ1) is 17.9. The van der Waals surface area contributed by atoms with E-state index in [4.69, 9.17) is 14.2 Å². The Morgan fingerprint density at radius 1 is 1.35 bits per heavy atom. The molecule has 2 atom stereocenters. The Balaban J connectivity index is 1.70. The molecule has 0 amide bonds. The summed E-state index contributed by atoms with van der Waals surface area (Å²) in [6.45, 7) is 8.29. The van der Waals surface area contributed by atoms with Crippen LogP contribution in [-0.2, 0) is 9.47 Å². The fourth-order valence-corrected chi connectivity index (χ4v) is 2.49. The van der Waals surface area contributed by atoms with Gasteiger partial charge in [-0.1, -0.05) is 24.8 Å². The van der Waals surface area contributed by atoms with E-state index in [2.05, 4.69) is 11.9 Å². The Hall–Kier alpha value is -1.40. The van der Waals surface area contributed by atoms with E-state index in [0.717, 1.165) is 30.7 Å². The summed E-state index contributed by atoms with van der Waals surface area (Å²) in [7, 11) is 0. The quantitative estimate of drug-likeness (QED) is 0.512. The SMILES string of the molecule is C=CCOc1ccc(C(O)C(C)NCCCC2OCCO2)cc1. The van der Waals surface area contributed by atoms with Crippen molar-refractivity contribution < 1.29 is 19.3 Å². The van der Waals surface area contributed by atoms with Crippen LogP contribution in [0.4, 0.5) is 0 Å². The third-order valence-corrected chi connectivity index (χ3v) is 3.84. The second kappa shape index (κ2) is 9.67. The van der Waals surface area contributed by atoms with Crippen LogP contribution in [0.3, 0.4) is 0 Å². The summed E-state index contributed by atoms with van der Waals surface area (Å²) in [5.41, 5.74) is 0.874. The van der Waals surface area contributed by atoms with Crippen molar-refractivity contribution in [3.05, 3.63) is 42.5 Å². The number of aliphatic hydroxyl groups is 1. The van der Waals surface area contributed by atoms with Crippen LogP contribution in [0.25, 0.3) is 0 Å². The highest BCUT2D eigenvalue weighted by molar-refractivity contribution is 5.29. The number of aliphatic hydroxyl groups excluding tert-OH is 1. The van der Waals surface area contributed by atoms with E-state index in [0.29, 0.717) is 19.8 Å². The number of nitrogens with one attached hydrogen (secondary N) is 1. The molecule has 1 aliphatic heterocycles. The summed E-state index contributed by atoms with van der Waals surface area (Å²) in [5, 5.41) is 13.7. The molecular weight excluding hydrogens is 294 g/mol. The molecule has 1 aliphatic rings. The third kappa shape index (κ3) is 5.95. The third-order valence-electron chi connectivity index (χ3n) is 3.84. The fourth-order valence-electron chi connectivity index (χ4n) is 2.49. The Kier molecular flexibility index (Phi) is 7.55. The summed E-state index contributed by atoms with van der Waals surface area (Å²) < 4.78 is 16.2. The van der Waals surface area contributed by atoms with E-state index in [1.54, 1.807) is 6.08 Å². The van der Waals surface area contributed by atoms with Crippen molar-refractivity contribution in [3.63, 3.8) is 0 Å². The number of rotatable bonds is 10. The van der Waals surface area contributed by atoms with Crippen LogP contribution in [0.2, 0.25) is 0 Å². The number of hydrogen-bond donors (Lipinski definition) is 2. The number of hydrogen-bond acceptors (Lipinski definition) is 5. The average molecular weight is 321 g/mol. The smallest absolute Gasteiger partial charge is 0.157 e. The van der Waals surface area contributed by atoms with Crippen molar-refractivity contribution in [1.82, 2.24) is 5.32 Å². The molecule has 1 heterocycles. The van der Waals surface area contributed by atoms with Crippen molar-refractivity contribution >= 4 is 0 Å². The van der Waals surface area contributed by atoms with E-state index >= 15 is 0 Å². The molecular formula is C18H27NO4. The average Bonchev–Trinajstić information content (AvgIpc) is 3.10. The maximum atomic E-state index is 10.4. The highest BCUT2D eigenvalue weighted by Crippen LogP contribution is 2.20. The predicted molar refractivity (Wildman–Crippen MR) is 89.5 cm³/mol. The highest BCUT2D eigenvalue weighted by Gasteiger charge is 2.17. The lowest BCUT2D eigenvalue weighted by molar-refractivity contribution is -0.0477. The summed E-state index contributed by atoms with van der Waals surface area (Å²) in [5.74, 6) is 0.776. The van der Waals surface area contributed by atoms with Crippen LogP contribution in [-0.4, -0.2) is 43.8 Å². The molecule has 0 saturated carbocycles. The molecule has 2 unspecified atom stereocenters. The molecule has 128 valence electrons. The minimum Gasteiger partial charge on any atom is -0.490 e. The molecule has 1 fully saturated rings. The number of benzene rings is 1. The first-order valence-electron chi connectivity index (χ1n) is 8.19. The molecule has 0 radical (unpaired) electrons. The highest BCUT2D eigenvalue weighted by atomic mass is 16.7. The molecule has 23 heavy (non-hydrogen) atoms. The lowest BCUT2D eigenvalue weighted by atomic mass is 10.0. The van der Waals surface area contributed by atoms with Crippen molar-refractivity contribution in [2.45, 2.75) is 38.2 Å². The standard InChI is InChI=1S/C18H27NO4/c1-3-11-21-16-8-6-15(7-9-16)18(20)14(2)19-10-4-5-17-22-12-13-23-17/h3,6-9,14,17-20H,1,4-5,10-13H2,2H3. The van der Waals surface area contributed by atoms with Gasteiger partial charge in [0.1, 0.15) is 12.4 Å². The van der Waals surface area contributed by atoms with Crippen LogP contribution in [0.1, 0.15) is 31.4 Å². The Morgan fingerprint density at radius 2 is 2.04 bits per heavy atom. The van der Waals surface area contributed by atoms with Crippen LogP contribution >= 0.6 is 0 Å². The molecule has 1 saturated heterocycles. The molecule has 1 aromatic rings. The van der Waals surface area contributed by atoms with Gasteiger partial charge in [-0.05, 0) is 44.0 Å². The topological polar surface area (TPSA) is 60.0 Å². The van der Waals surface area contributed by atoms with Crippen molar-refractivity contribution in [3.8, 4) is 5.75 Å². The van der Waals surface area contributed by atoms with Gasteiger partial charge in [-0.2, -0.15) is 0 Å². The van der Waals surface area contributed by atoms with Gasteiger partial charge in [0.15, 0.2) is 6.29 Å². The first-order valence-corrected chi connectivity index (χ1v) is 8.19. The first-order chi connectivity index (χ1) is 11.2. The van der Waals surface area contributed by atoms with Gasteiger partial charge in [0.05, 0.1) is 19.3 Å². The summed E-state index contributed by atoms with van der Waals surface area (Å²) >= 11 is 0. The van der Waals surface area contributed by atoms with Gasteiger partial charge in [-0.3, -0.25) is 0 Å². The lowest BCUT2D eigenvalue weighted by Crippen LogP contribution is -2.33. The molecule has 0 spiro atoms. The lowest BCUT2D eigenvalue weighted by Gasteiger charge is -2.21. The van der Waals surface area contributed by atoms with Crippen molar-refractivity contribution in [2.24, 2.45) is 0 Å². The van der Waals surface area contributed by atoms with Crippen LogP contribution < -0.4 is 10.1 Å². The normalized spacial score (nSPS) is 17.8. The van der Waals surface area contributed by atoms with Crippen LogP contribution in [0.15, 0.2) is 36.9 Å². The van der Waals surface area contributed by atoms with Gasteiger partial charge in [0, 0.05) is 6.04 Å². The largest absolute Gasteiger partial charge is 0.490 e. The summed E-state index contributed by atoms with van der Waals surface area (Å²) in [6, 6.07) is 7.48. The Morgan fingerprint density at radius 3 is 2.70 bits per heavy atom. The zero-order valence-corrected chi connectivity index (χ0v) is 13.7. The molecule has 1 aromatic carbocycles. The summed E-state index contributed by atoms with van der Waals surface area (Å²) in [6.07, 6.45) is 2.93. The van der Waals surface area contributed by atoms with Crippen LogP contribution in [0.5, 0.6) is 5.75 Å². The molecule has 2 N–H and O–H groups in total. The molecule has 5 heteroatoms. The maximum absolute atomic E-state index is 10.4. The van der Waals surface area contributed by atoms with Gasteiger partial charge in [-0.25, -0.2) is 0 Å². The van der Waals surface area contributed by atoms with E-state index in [1.807, 2.05) is 31.2 Å². The van der Waals surface area contributed by atoms with E-state index in [-0.39, 0.29) is 12.3 Å². The van der Waals surface area contributed by atoms with Gasteiger partial charge >= 0.3 is 0 Å². The molecule has 2 rings (SSSR count). The Bertz CT molecular complexity index is 457. The van der Waals surface area contributed by atoms with Gasteiger partial charge in [0.2, 0.25) is 0 Å².